The first-order chi connectivity index (χ1) is 14.5. The van der Waals surface area contributed by atoms with Crippen molar-refractivity contribution in [2.75, 3.05) is 18.1 Å². The van der Waals surface area contributed by atoms with E-state index in [2.05, 4.69) is 15.6 Å². The van der Waals surface area contributed by atoms with Crippen molar-refractivity contribution in [3.63, 3.8) is 0 Å². The molecule has 0 bridgehead atoms. The number of ether oxygens (including phenoxy) is 1. The molecule has 0 aromatic rings. The van der Waals surface area contributed by atoms with Gasteiger partial charge in [0.05, 0.1) is 5.75 Å². The van der Waals surface area contributed by atoms with E-state index in [1.807, 2.05) is 27.7 Å². The third-order valence-electron chi connectivity index (χ3n) is 4.14. The molecule has 1 saturated heterocycles. The normalized spacial score (nSPS) is 21.1. The third-order valence-corrected chi connectivity index (χ3v) is 6.39. The van der Waals surface area contributed by atoms with Crippen molar-refractivity contribution in [3.05, 3.63) is 11.3 Å². The molecule has 172 valence electrons. The molecule has 1 unspecified atom stereocenters. The fourth-order valence-corrected chi connectivity index (χ4v) is 5.21. The summed E-state index contributed by atoms with van der Waals surface area (Å²) in [4.78, 5) is 53.4. The van der Waals surface area contributed by atoms with Crippen molar-refractivity contribution < 1.29 is 29.0 Å². The van der Waals surface area contributed by atoms with E-state index < -0.39 is 29.3 Å². The van der Waals surface area contributed by atoms with E-state index in [1.165, 1.54) is 30.4 Å². The van der Waals surface area contributed by atoms with E-state index in [1.54, 1.807) is 0 Å². The maximum absolute atomic E-state index is 12.6. The van der Waals surface area contributed by atoms with Crippen molar-refractivity contribution in [1.29, 1.82) is 0 Å². The van der Waals surface area contributed by atoms with Crippen molar-refractivity contribution in [2.24, 2.45) is 4.99 Å². The zero-order valence-corrected chi connectivity index (χ0v) is 19.8. The van der Waals surface area contributed by atoms with Crippen LogP contribution in [-0.2, 0) is 23.9 Å². The highest BCUT2D eigenvalue weighted by Gasteiger charge is 2.54. The molecule has 0 aromatic carbocycles. The maximum atomic E-state index is 12.6. The van der Waals surface area contributed by atoms with Crippen LogP contribution < -0.4 is 10.6 Å². The number of carboxylic acids is 1. The standard InChI is InChI=1S/C19H28N4O6S2/c1-9(2)20-19(21-10(3)4)31-8-13(25)22-14-16(26)23-15(18(27)28)12(6-29-11(5)24)7-30-17(14)23/h9-10,14,17H,6-8H2,1-5H3,(H,20,21)(H,22,25)(H,27,28)/t14-,17?/m1/s1. The molecule has 0 saturated carbocycles. The fraction of sp³-hybridized carbons (Fsp3) is 0.632. The first-order valence-electron chi connectivity index (χ1n) is 9.81. The number of aliphatic imine (C=N–C) groups is 1. The number of amidine groups is 1. The molecular weight excluding hydrogens is 444 g/mol. The Morgan fingerprint density at radius 3 is 2.55 bits per heavy atom. The molecule has 2 heterocycles. The molecule has 0 aliphatic carbocycles. The van der Waals surface area contributed by atoms with E-state index >= 15 is 0 Å². The van der Waals surface area contributed by atoms with Crippen LogP contribution in [0.2, 0.25) is 0 Å². The Hall–Kier alpha value is -2.21. The lowest BCUT2D eigenvalue weighted by Crippen LogP contribution is -2.70. The average Bonchev–Trinajstić information content (AvgIpc) is 2.66. The molecule has 31 heavy (non-hydrogen) atoms. The van der Waals surface area contributed by atoms with Gasteiger partial charge in [0, 0.05) is 30.3 Å². The average molecular weight is 473 g/mol. The van der Waals surface area contributed by atoms with Gasteiger partial charge in [0.25, 0.3) is 5.91 Å². The van der Waals surface area contributed by atoms with Crippen LogP contribution in [0.5, 0.6) is 0 Å². The van der Waals surface area contributed by atoms with E-state index in [-0.39, 0.29) is 41.8 Å². The Bertz CT molecular complexity index is 811. The number of β-lactam (4-membered cyclic amide) rings is 1. The number of nitrogens with zero attached hydrogens (tertiary/aromatic N) is 2. The van der Waals surface area contributed by atoms with Crippen LogP contribution in [0, 0.1) is 0 Å². The number of aliphatic carboxylic acids is 1. The van der Waals surface area contributed by atoms with Crippen LogP contribution in [0.25, 0.3) is 0 Å². The largest absolute Gasteiger partial charge is 0.477 e. The second-order valence-electron chi connectivity index (χ2n) is 7.61. The molecule has 0 aromatic heterocycles. The fourth-order valence-electron chi connectivity index (χ4n) is 2.93. The van der Waals surface area contributed by atoms with Crippen LogP contribution >= 0.6 is 23.5 Å². The summed E-state index contributed by atoms with van der Waals surface area (Å²) in [5.41, 5.74) is 0.175. The monoisotopic (exact) mass is 472 g/mol. The Kier molecular flexibility index (Phi) is 8.80. The number of fused-ring (bicyclic) bond motifs is 1. The Morgan fingerprint density at radius 1 is 1.32 bits per heavy atom. The minimum atomic E-state index is -1.27. The van der Waals surface area contributed by atoms with E-state index in [9.17, 15) is 24.3 Å². The zero-order valence-electron chi connectivity index (χ0n) is 18.1. The van der Waals surface area contributed by atoms with Gasteiger partial charge in [-0.2, -0.15) is 0 Å². The molecule has 2 atom stereocenters. The van der Waals surface area contributed by atoms with Crippen LogP contribution in [0.15, 0.2) is 16.3 Å². The molecule has 0 spiro atoms. The van der Waals surface area contributed by atoms with E-state index in [0.29, 0.717) is 10.7 Å². The predicted octanol–water partition coefficient (Wildman–Crippen LogP) is 0.784. The van der Waals surface area contributed by atoms with Gasteiger partial charge in [0.1, 0.15) is 23.7 Å². The van der Waals surface area contributed by atoms with Gasteiger partial charge in [-0.15, -0.1) is 11.8 Å². The summed E-state index contributed by atoms with van der Waals surface area (Å²) in [7, 11) is 0. The Balaban J connectivity index is 2.00. The van der Waals surface area contributed by atoms with Gasteiger partial charge in [0.15, 0.2) is 5.17 Å². The molecule has 10 nitrogen and oxygen atoms in total. The SMILES string of the molecule is CC(=O)OCC1=C(C(=O)O)N2C(=O)[C@@H](NC(=O)CSC(=NC(C)C)NC(C)C)C2SC1. The number of amides is 2. The van der Waals surface area contributed by atoms with Gasteiger partial charge in [-0.3, -0.25) is 24.3 Å². The number of hydrogen-bond donors (Lipinski definition) is 3. The molecule has 1 fully saturated rings. The molecule has 12 heteroatoms. The number of carbonyl (C=O) groups is 4. The topological polar surface area (TPSA) is 137 Å². The number of thioether (sulfide) groups is 2. The minimum Gasteiger partial charge on any atom is -0.477 e. The van der Waals surface area contributed by atoms with Gasteiger partial charge in [-0.25, -0.2) is 4.79 Å². The Labute approximate surface area is 189 Å². The summed E-state index contributed by atoms with van der Waals surface area (Å²) in [6, 6.07) is -0.568. The van der Waals surface area contributed by atoms with Crippen LogP contribution in [0.3, 0.4) is 0 Å². The number of esters is 1. The molecule has 2 aliphatic rings. The van der Waals surface area contributed by atoms with Gasteiger partial charge < -0.3 is 20.5 Å². The molecule has 3 N–H and O–H groups in total. The van der Waals surface area contributed by atoms with Crippen molar-refractivity contribution in [2.45, 2.75) is 58.1 Å². The molecule has 0 radical (unpaired) electrons. The summed E-state index contributed by atoms with van der Waals surface area (Å²) in [6.07, 6.45) is 0. The minimum absolute atomic E-state index is 0.0691. The second-order valence-corrected chi connectivity index (χ2v) is 9.68. The summed E-state index contributed by atoms with van der Waals surface area (Å²) in [5.74, 6) is -2.27. The Morgan fingerprint density at radius 2 is 2.00 bits per heavy atom. The quantitative estimate of drug-likeness (QED) is 0.202. The van der Waals surface area contributed by atoms with E-state index in [4.69, 9.17) is 4.74 Å². The number of nitrogens with one attached hydrogen (secondary N) is 2. The van der Waals surface area contributed by atoms with Crippen LogP contribution in [0.4, 0.5) is 0 Å². The summed E-state index contributed by atoms with van der Waals surface area (Å²) in [5, 5.41) is 15.6. The lowest BCUT2D eigenvalue weighted by atomic mass is 10.0. The van der Waals surface area contributed by atoms with Crippen molar-refractivity contribution in [1.82, 2.24) is 15.5 Å². The first kappa shape index (κ1) is 25.1. The van der Waals surface area contributed by atoms with Gasteiger partial charge in [0.2, 0.25) is 5.91 Å². The predicted molar refractivity (Wildman–Crippen MR) is 120 cm³/mol. The van der Waals surface area contributed by atoms with Crippen LogP contribution in [0.1, 0.15) is 34.6 Å². The lowest BCUT2D eigenvalue weighted by molar-refractivity contribution is -0.150. The summed E-state index contributed by atoms with van der Waals surface area (Å²) < 4.78 is 4.90. The lowest BCUT2D eigenvalue weighted by Gasteiger charge is -2.49. The summed E-state index contributed by atoms with van der Waals surface area (Å²) >= 11 is 2.58. The van der Waals surface area contributed by atoms with Gasteiger partial charge in [-0.1, -0.05) is 11.8 Å². The third kappa shape index (κ3) is 6.63. The smallest absolute Gasteiger partial charge is 0.352 e. The number of rotatable bonds is 8. The molecule has 2 amide bonds. The van der Waals surface area contributed by atoms with Gasteiger partial charge >= 0.3 is 11.9 Å². The second kappa shape index (κ2) is 10.9. The highest BCUT2D eigenvalue weighted by molar-refractivity contribution is 8.14. The highest BCUT2D eigenvalue weighted by Crippen LogP contribution is 2.40. The van der Waals surface area contributed by atoms with E-state index in [0.717, 1.165) is 4.90 Å². The number of hydrogen-bond acceptors (Lipinski definition) is 8. The highest BCUT2D eigenvalue weighted by atomic mass is 32.2. The molecule has 2 rings (SSSR count). The zero-order chi connectivity index (χ0) is 23.3. The molecule has 2 aliphatic heterocycles. The van der Waals surface area contributed by atoms with Crippen molar-refractivity contribution >= 4 is 52.4 Å². The summed E-state index contributed by atoms with van der Waals surface area (Å²) in [6.45, 7) is 8.87. The maximum Gasteiger partial charge on any atom is 0.352 e. The number of carbonyl (C=O) groups excluding carboxylic acids is 3. The van der Waals surface area contributed by atoms with Crippen LogP contribution in [-0.4, -0.2) is 80.5 Å². The number of carboxylic acid groups (broad SMARTS) is 1. The first-order valence-corrected chi connectivity index (χ1v) is 11.8. The van der Waals surface area contributed by atoms with Crippen molar-refractivity contribution in [3.8, 4) is 0 Å². The van der Waals surface area contributed by atoms with Gasteiger partial charge in [-0.05, 0) is 27.7 Å². The molecular formula is C19H28N4O6S2.